The van der Waals surface area contributed by atoms with Crippen LogP contribution in [0.3, 0.4) is 0 Å². The summed E-state index contributed by atoms with van der Waals surface area (Å²) in [5, 5.41) is 4.59. The number of rotatable bonds is 9. The van der Waals surface area contributed by atoms with Gasteiger partial charge >= 0.3 is 0 Å². The summed E-state index contributed by atoms with van der Waals surface area (Å²) < 4.78 is 27.9. The summed E-state index contributed by atoms with van der Waals surface area (Å²) in [5.74, 6) is 0.324. The molecular weight excluding hydrogens is 378 g/mol. The monoisotopic (exact) mass is 399 g/mol. The molecule has 2 aromatic rings. The molecule has 1 heterocycles. The van der Waals surface area contributed by atoms with Crippen molar-refractivity contribution in [1.29, 1.82) is 0 Å². The molecule has 0 saturated carbocycles. The third-order valence-corrected chi connectivity index (χ3v) is 6.45. The van der Waals surface area contributed by atoms with Crippen LogP contribution in [0.1, 0.15) is 17.7 Å². The summed E-state index contributed by atoms with van der Waals surface area (Å²) in [5.41, 5.74) is 3.08. The molecular formula is C16H21N3O3S3. The van der Waals surface area contributed by atoms with Crippen LogP contribution in [0.15, 0.2) is 40.1 Å². The number of carbonyl (C=O) groups is 1. The Morgan fingerprint density at radius 2 is 2.12 bits per heavy atom. The number of benzene rings is 1. The molecule has 25 heavy (non-hydrogen) atoms. The Bertz CT molecular complexity index is 792. The molecule has 1 atom stereocenters. The topological polar surface area (TPSA) is 88.2 Å². The lowest BCUT2D eigenvalue weighted by Gasteiger charge is -2.18. The molecule has 136 valence electrons. The lowest BCUT2D eigenvalue weighted by atomic mass is 10.2. The minimum Gasteiger partial charge on any atom is -0.349 e. The zero-order valence-corrected chi connectivity index (χ0v) is 16.5. The fraction of sp³-hybridized carbons (Fsp3) is 0.375. The van der Waals surface area contributed by atoms with Crippen molar-refractivity contribution in [3.63, 3.8) is 0 Å². The van der Waals surface area contributed by atoms with Gasteiger partial charge in [0.05, 0.1) is 22.6 Å². The molecule has 6 nitrogen and oxygen atoms in total. The highest BCUT2D eigenvalue weighted by molar-refractivity contribution is 7.98. The van der Waals surface area contributed by atoms with Crippen molar-refractivity contribution >= 4 is 39.0 Å². The number of thiazole rings is 1. The summed E-state index contributed by atoms with van der Waals surface area (Å²) >= 11 is 3.01. The normalized spacial score (nSPS) is 12.7. The maximum atomic E-state index is 12.7. The molecule has 2 N–H and O–H groups in total. The summed E-state index contributed by atoms with van der Waals surface area (Å²) in [7, 11) is -3.77. The smallest absolute Gasteiger partial charge is 0.241 e. The molecule has 2 rings (SSSR count). The Hall–Kier alpha value is -1.42. The van der Waals surface area contributed by atoms with Crippen molar-refractivity contribution in [3.8, 4) is 0 Å². The van der Waals surface area contributed by atoms with Gasteiger partial charge in [-0.2, -0.15) is 16.5 Å². The van der Waals surface area contributed by atoms with E-state index >= 15 is 0 Å². The zero-order chi connectivity index (χ0) is 18.3. The number of aryl methyl sites for hydroxylation is 1. The van der Waals surface area contributed by atoms with Gasteiger partial charge in [-0.25, -0.2) is 13.4 Å². The fourth-order valence-corrected chi connectivity index (χ4v) is 4.72. The Labute approximate surface area is 156 Å². The zero-order valence-electron chi connectivity index (χ0n) is 14.1. The maximum absolute atomic E-state index is 12.7. The number of carbonyl (C=O) groups excluding carboxylic acids is 1. The van der Waals surface area contributed by atoms with Crippen molar-refractivity contribution in [2.24, 2.45) is 0 Å². The van der Waals surface area contributed by atoms with E-state index in [0.717, 1.165) is 5.69 Å². The maximum Gasteiger partial charge on any atom is 0.241 e. The van der Waals surface area contributed by atoms with Gasteiger partial charge < -0.3 is 5.32 Å². The van der Waals surface area contributed by atoms with Gasteiger partial charge in [-0.1, -0.05) is 18.2 Å². The molecule has 0 fully saturated rings. The van der Waals surface area contributed by atoms with Crippen molar-refractivity contribution in [1.82, 2.24) is 15.0 Å². The summed E-state index contributed by atoms with van der Waals surface area (Å²) in [6.07, 6.45) is 2.33. The molecule has 1 aromatic carbocycles. The van der Waals surface area contributed by atoms with Crippen molar-refractivity contribution in [2.75, 3.05) is 12.0 Å². The van der Waals surface area contributed by atoms with E-state index in [9.17, 15) is 13.2 Å². The molecule has 0 aliphatic carbocycles. The average molecular weight is 400 g/mol. The van der Waals surface area contributed by atoms with Crippen LogP contribution in [0, 0.1) is 6.92 Å². The third kappa shape index (κ3) is 5.81. The van der Waals surface area contributed by atoms with Gasteiger partial charge in [0.25, 0.3) is 0 Å². The van der Waals surface area contributed by atoms with Gasteiger partial charge in [-0.05, 0) is 37.0 Å². The quantitative estimate of drug-likeness (QED) is 0.675. The molecule has 0 radical (unpaired) electrons. The van der Waals surface area contributed by atoms with Crippen LogP contribution in [-0.4, -0.2) is 37.4 Å². The van der Waals surface area contributed by atoms with Crippen molar-refractivity contribution < 1.29 is 13.2 Å². The highest BCUT2D eigenvalue weighted by Crippen LogP contribution is 2.15. The van der Waals surface area contributed by atoms with Gasteiger partial charge in [-0.15, -0.1) is 11.3 Å². The first-order chi connectivity index (χ1) is 11.9. The second-order valence-corrected chi connectivity index (χ2v) is 8.81. The lowest BCUT2D eigenvalue weighted by Crippen LogP contribution is -2.46. The van der Waals surface area contributed by atoms with Crippen molar-refractivity contribution in [3.05, 3.63) is 46.4 Å². The largest absolute Gasteiger partial charge is 0.349 e. The van der Waals surface area contributed by atoms with Gasteiger partial charge in [0.2, 0.25) is 15.9 Å². The number of nitrogens with zero attached hydrogens (tertiary/aromatic N) is 1. The van der Waals surface area contributed by atoms with E-state index in [0.29, 0.717) is 17.7 Å². The van der Waals surface area contributed by atoms with Crippen LogP contribution < -0.4 is 10.0 Å². The highest BCUT2D eigenvalue weighted by Gasteiger charge is 2.26. The molecule has 1 aromatic heterocycles. The first-order valence-electron chi connectivity index (χ1n) is 7.65. The van der Waals surface area contributed by atoms with E-state index in [2.05, 4.69) is 15.0 Å². The molecule has 0 bridgehead atoms. The molecule has 0 aliphatic rings. The van der Waals surface area contributed by atoms with E-state index in [1.807, 2.05) is 11.6 Å². The van der Waals surface area contributed by atoms with E-state index < -0.39 is 16.1 Å². The molecule has 9 heteroatoms. The van der Waals surface area contributed by atoms with E-state index in [-0.39, 0.29) is 17.3 Å². The first-order valence-corrected chi connectivity index (χ1v) is 11.5. The van der Waals surface area contributed by atoms with E-state index in [1.165, 1.54) is 17.4 Å². The standard InChI is InChI=1S/C16H21N3O3S3/c1-12-5-3-4-6-15(12)25(21,22)19-14(7-8-23-2)16(20)17-9-13-10-24-11-18-13/h3-6,10-11,14,19H,7-9H2,1-2H3,(H,17,20)/t14-/m0/s1. The number of amides is 1. The fourth-order valence-electron chi connectivity index (χ4n) is 2.21. The number of aromatic nitrogens is 1. The Kier molecular flexibility index (Phi) is 7.42. The number of sulfonamides is 1. The minimum atomic E-state index is -3.77. The predicted molar refractivity (Wildman–Crippen MR) is 102 cm³/mol. The van der Waals surface area contributed by atoms with Crippen LogP contribution in [0.5, 0.6) is 0 Å². The van der Waals surface area contributed by atoms with E-state index in [1.54, 1.807) is 42.4 Å². The van der Waals surface area contributed by atoms with Gasteiger partial charge in [-0.3, -0.25) is 4.79 Å². The number of thioether (sulfide) groups is 1. The van der Waals surface area contributed by atoms with Crippen LogP contribution in [0.2, 0.25) is 0 Å². The predicted octanol–water partition coefficient (Wildman–Crippen LogP) is 2.17. The SMILES string of the molecule is CSCC[C@H](NS(=O)(=O)c1ccccc1C)C(=O)NCc1cscn1. The van der Waals surface area contributed by atoms with Crippen LogP contribution in [0.25, 0.3) is 0 Å². The van der Waals surface area contributed by atoms with Crippen LogP contribution in [-0.2, 0) is 21.4 Å². The summed E-state index contributed by atoms with van der Waals surface area (Å²) in [6, 6.07) is 5.89. The Morgan fingerprint density at radius 3 is 2.76 bits per heavy atom. The van der Waals surface area contributed by atoms with Crippen LogP contribution in [0.4, 0.5) is 0 Å². The lowest BCUT2D eigenvalue weighted by molar-refractivity contribution is -0.122. The van der Waals surface area contributed by atoms with E-state index in [4.69, 9.17) is 0 Å². The van der Waals surface area contributed by atoms with Gasteiger partial charge in [0.1, 0.15) is 6.04 Å². The Balaban J connectivity index is 2.10. The number of hydrogen-bond donors (Lipinski definition) is 2. The third-order valence-electron chi connectivity index (χ3n) is 3.53. The van der Waals surface area contributed by atoms with Gasteiger partial charge in [0, 0.05) is 5.38 Å². The molecule has 1 amide bonds. The molecule has 0 spiro atoms. The molecule has 0 saturated heterocycles. The van der Waals surface area contributed by atoms with Crippen molar-refractivity contribution in [2.45, 2.75) is 30.8 Å². The summed E-state index contributed by atoms with van der Waals surface area (Å²) in [4.78, 5) is 16.8. The Morgan fingerprint density at radius 1 is 1.36 bits per heavy atom. The van der Waals surface area contributed by atoms with Crippen LogP contribution >= 0.6 is 23.1 Å². The van der Waals surface area contributed by atoms with Gasteiger partial charge in [0.15, 0.2) is 0 Å². The highest BCUT2D eigenvalue weighted by atomic mass is 32.2. The second kappa shape index (κ2) is 9.33. The average Bonchev–Trinajstić information content (AvgIpc) is 3.10. The summed E-state index contributed by atoms with van der Waals surface area (Å²) in [6.45, 7) is 2.01. The minimum absolute atomic E-state index is 0.191. The second-order valence-electron chi connectivity index (χ2n) is 5.42. The first kappa shape index (κ1) is 19.9. The number of nitrogens with one attached hydrogen (secondary N) is 2. The molecule has 0 aliphatic heterocycles. The number of hydrogen-bond acceptors (Lipinski definition) is 6. The molecule has 0 unspecified atom stereocenters.